The number of nitrogen functional groups attached to an aromatic ring is 1. The molecule has 2 aliphatic rings. The summed E-state index contributed by atoms with van der Waals surface area (Å²) in [5.74, 6) is -3.99. The van der Waals surface area contributed by atoms with Crippen LogP contribution in [0.15, 0.2) is 79.0 Å². The highest BCUT2D eigenvalue weighted by Gasteiger charge is 2.43. The van der Waals surface area contributed by atoms with Crippen molar-refractivity contribution in [3.63, 3.8) is 0 Å². The van der Waals surface area contributed by atoms with Crippen LogP contribution in [0.4, 0.5) is 60.9 Å². The number of aromatic nitrogens is 2. The van der Waals surface area contributed by atoms with Gasteiger partial charge in [0.05, 0.1) is 48.0 Å². The zero-order valence-electron chi connectivity index (χ0n) is 48.6. The Kier molecular flexibility index (Phi) is 24.5. The van der Waals surface area contributed by atoms with Crippen LogP contribution in [0.2, 0.25) is 36.3 Å². The van der Waals surface area contributed by atoms with Crippen molar-refractivity contribution in [3.8, 4) is 17.2 Å². The van der Waals surface area contributed by atoms with Gasteiger partial charge in [-0.3, -0.25) is 25.1 Å². The Hall–Kier alpha value is -6.59. The number of nitrogens with one attached hydrogen (secondary N) is 2. The zero-order valence-corrected chi connectivity index (χ0v) is 50.6. The molecule has 7 rings (SSSR count). The van der Waals surface area contributed by atoms with E-state index >= 15 is 0 Å². The molecule has 5 N–H and O–H groups in total. The van der Waals surface area contributed by atoms with Gasteiger partial charge in [0.2, 0.25) is 5.95 Å². The highest BCUT2D eigenvalue weighted by molar-refractivity contribution is 6.74. The standard InChI is InChI=1S/C22H29F2N5O2.C14H22FNO4Si.C14H24FNO2Si.C6H3F2NO2/c1-22(2)12-15(10-16-4-3-7-29(16)22)26-20-18(24)13-25-21(28-20)27-14-5-6-19(17(23)11-14)31-9-8-30;1-14(2,3)21(4,5)20-9-8-19-13-7-6-11(16(17)18)10-12(13)15;1-14(2,3)19(4,5)18-9-8-17-13-7-6-11(16)10-12(13)15;7-5-2-1-4(9(10)11)3-6(5)8/h5-6,11,13,15-16,30H,3-4,7-10,12H2,1-2H3,(H2,25,26,27,28);6-7,10H,8-9H2,1-5H3;6-7,10H,8-9,16H2,1-5H3;1-3H/t15-,16+;;;/m1.../s1. The Morgan fingerprint density at radius 2 is 1.20 bits per heavy atom. The molecule has 2 fully saturated rings. The third-order valence-corrected chi connectivity index (χ3v) is 23.6. The molecule has 0 amide bonds. The largest absolute Gasteiger partial charge is 0.488 e. The molecule has 2 aliphatic heterocycles. The summed E-state index contributed by atoms with van der Waals surface area (Å²) in [6, 6.07) is 14.8. The average Bonchev–Trinajstić information content (AvgIpc) is 4.09. The molecule has 0 bridgehead atoms. The maximum atomic E-state index is 14.4. The molecular weight excluding hydrogens is 1110 g/mol. The number of ether oxygens (including phenoxy) is 3. The van der Waals surface area contributed by atoms with E-state index in [4.69, 9.17) is 33.9 Å². The predicted molar refractivity (Wildman–Crippen MR) is 309 cm³/mol. The molecule has 82 heavy (non-hydrogen) atoms. The highest BCUT2D eigenvalue weighted by Crippen LogP contribution is 2.40. The van der Waals surface area contributed by atoms with Gasteiger partial charge in [-0.25, -0.2) is 31.3 Å². The Morgan fingerprint density at radius 3 is 1.70 bits per heavy atom. The number of piperidine rings is 1. The number of anilines is 4. The van der Waals surface area contributed by atoms with E-state index in [0.717, 1.165) is 37.7 Å². The summed E-state index contributed by atoms with van der Waals surface area (Å²) in [7, 11) is -3.60. The van der Waals surface area contributed by atoms with Crippen molar-refractivity contribution in [2.24, 2.45) is 0 Å². The minimum atomic E-state index is -1.84. The fourth-order valence-corrected chi connectivity index (χ4v) is 10.2. The third-order valence-electron chi connectivity index (χ3n) is 14.5. The summed E-state index contributed by atoms with van der Waals surface area (Å²) >= 11 is 0. The topological polar surface area (TPSA) is 232 Å². The number of nitrogens with two attached hydrogens (primary N) is 1. The van der Waals surface area contributed by atoms with E-state index in [9.17, 15) is 46.6 Å². The van der Waals surface area contributed by atoms with Gasteiger partial charge >= 0.3 is 0 Å². The van der Waals surface area contributed by atoms with Crippen molar-refractivity contribution < 1.29 is 64.4 Å². The summed E-state index contributed by atoms with van der Waals surface area (Å²) in [5, 5.41) is 35.7. The number of nitro benzene ring substituents is 2. The maximum absolute atomic E-state index is 14.4. The van der Waals surface area contributed by atoms with Crippen molar-refractivity contribution in [2.45, 2.75) is 135 Å². The monoisotopic (exact) mass is 1190 g/mol. The molecule has 0 spiro atoms. The Morgan fingerprint density at radius 1 is 0.695 bits per heavy atom. The van der Waals surface area contributed by atoms with Gasteiger partial charge in [-0.2, -0.15) is 4.98 Å². The molecule has 0 aliphatic carbocycles. The van der Waals surface area contributed by atoms with Crippen molar-refractivity contribution in [3.05, 3.63) is 134 Å². The Bertz CT molecular complexity index is 2920. The molecule has 3 heterocycles. The number of fused-ring (bicyclic) bond motifs is 1. The number of aliphatic hydroxyl groups excluding tert-OH is 1. The number of aliphatic hydroxyl groups is 1. The minimum Gasteiger partial charge on any atom is -0.488 e. The van der Waals surface area contributed by atoms with Gasteiger partial charge in [0, 0.05) is 53.3 Å². The van der Waals surface area contributed by atoms with Crippen molar-refractivity contribution in [1.29, 1.82) is 0 Å². The van der Waals surface area contributed by atoms with Gasteiger partial charge in [0.15, 0.2) is 74.6 Å². The number of hydrogen-bond acceptors (Lipinski definition) is 16. The minimum absolute atomic E-state index is 0.000526. The lowest BCUT2D eigenvalue weighted by Gasteiger charge is -2.47. The van der Waals surface area contributed by atoms with E-state index in [2.05, 4.69) is 107 Å². The van der Waals surface area contributed by atoms with Crippen molar-refractivity contribution in [1.82, 2.24) is 14.9 Å². The Labute approximate surface area is 477 Å². The number of nitro groups is 2. The van der Waals surface area contributed by atoms with Crippen LogP contribution in [-0.4, -0.2) is 110 Å². The first kappa shape index (κ1) is 67.9. The molecule has 5 aromatic rings. The molecule has 2 saturated heterocycles. The average molecular weight is 1190 g/mol. The van der Waals surface area contributed by atoms with E-state index in [1.54, 1.807) is 12.1 Å². The van der Waals surface area contributed by atoms with Crippen LogP contribution in [0.3, 0.4) is 0 Å². The van der Waals surface area contributed by atoms with Crippen LogP contribution >= 0.6 is 0 Å². The van der Waals surface area contributed by atoms with E-state index in [1.807, 2.05) is 0 Å². The van der Waals surface area contributed by atoms with Crippen LogP contribution in [0.25, 0.3) is 0 Å². The van der Waals surface area contributed by atoms with Gasteiger partial charge in [-0.1, -0.05) is 41.5 Å². The van der Waals surface area contributed by atoms with E-state index in [-0.39, 0.29) is 76.2 Å². The lowest BCUT2D eigenvalue weighted by molar-refractivity contribution is -0.385. The summed E-state index contributed by atoms with van der Waals surface area (Å²) in [6.45, 7) is 28.4. The van der Waals surface area contributed by atoms with E-state index < -0.39 is 67.1 Å². The van der Waals surface area contributed by atoms with Gasteiger partial charge in [0.1, 0.15) is 19.8 Å². The van der Waals surface area contributed by atoms with Gasteiger partial charge in [-0.15, -0.1) is 0 Å². The first-order chi connectivity index (χ1) is 38.1. The second-order valence-corrected chi connectivity index (χ2v) is 32.8. The number of benzene rings is 4. The van der Waals surface area contributed by atoms with E-state index in [0.29, 0.717) is 49.4 Å². The van der Waals surface area contributed by atoms with Gasteiger partial charge in [-0.05, 0) is 119 Å². The number of rotatable bonds is 19. The summed E-state index contributed by atoms with van der Waals surface area (Å²) in [5.41, 5.74) is 5.58. The first-order valence-corrected chi connectivity index (χ1v) is 32.4. The number of nitrogens with zero attached hydrogens (tertiary/aromatic N) is 5. The molecular formula is C56H78F6N8O10Si2. The lowest BCUT2D eigenvalue weighted by atomic mass is 9.84. The quantitative estimate of drug-likeness (QED) is 0.0150. The molecule has 0 saturated carbocycles. The molecule has 1 aromatic heterocycles. The van der Waals surface area contributed by atoms with E-state index in [1.165, 1.54) is 49.2 Å². The van der Waals surface area contributed by atoms with Crippen molar-refractivity contribution in [2.75, 3.05) is 62.6 Å². The maximum Gasteiger partial charge on any atom is 0.272 e. The molecule has 0 radical (unpaired) electrons. The summed E-state index contributed by atoms with van der Waals surface area (Å²) in [4.78, 5) is 29.9. The molecule has 0 unspecified atom stereocenters. The lowest BCUT2D eigenvalue weighted by Crippen LogP contribution is -2.55. The second kappa shape index (κ2) is 29.6. The van der Waals surface area contributed by atoms with Gasteiger partial charge in [0.25, 0.3) is 11.4 Å². The zero-order chi connectivity index (χ0) is 61.4. The molecule has 4 aromatic carbocycles. The molecule has 18 nitrogen and oxygen atoms in total. The second-order valence-electron chi connectivity index (χ2n) is 23.1. The molecule has 452 valence electrons. The Balaban J connectivity index is 0.000000249. The van der Waals surface area contributed by atoms with Crippen LogP contribution < -0.4 is 30.6 Å². The molecule has 26 heteroatoms. The van der Waals surface area contributed by atoms with Crippen LogP contribution in [0.1, 0.15) is 81.1 Å². The smallest absolute Gasteiger partial charge is 0.272 e. The summed E-state index contributed by atoms with van der Waals surface area (Å²) < 4.78 is 108. The van der Waals surface area contributed by atoms with Crippen LogP contribution in [0.5, 0.6) is 17.2 Å². The van der Waals surface area contributed by atoms with Gasteiger partial charge < -0.3 is 44.5 Å². The van der Waals surface area contributed by atoms with Crippen LogP contribution in [0, 0.1) is 55.1 Å². The summed E-state index contributed by atoms with van der Waals surface area (Å²) in [6.07, 6.45) is 5.34. The number of halogens is 6. The fourth-order valence-electron chi connectivity index (χ4n) is 8.10. The number of hydrogen-bond donors (Lipinski definition) is 4. The highest BCUT2D eigenvalue weighted by atomic mass is 28.4. The van der Waals surface area contributed by atoms with Crippen molar-refractivity contribution >= 4 is 51.2 Å². The first-order valence-electron chi connectivity index (χ1n) is 26.6. The SMILES string of the molecule is CC(C)(C)[Si](C)(C)OCCOc1ccc(N)cc1F.CC(C)(C)[Si](C)(C)OCCOc1ccc([N+](=O)[O-])cc1F.CC1(C)C[C@H](Nc2nc(Nc3ccc(OCCO)c(F)c3)ncc2F)C[C@@H]2CCCN21.O=[N+]([O-])c1ccc(F)c(F)c1. The number of non-ortho nitro benzene ring substituents is 2. The third kappa shape index (κ3) is 20.4. The fraction of sp³-hybridized carbons (Fsp3) is 0.500. The normalized spacial score (nSPS) is 15.9. The molecule has 2 atom stereocenters. The van der Waals surface area contributed by atoms with Crippen LogP contribution in [-0.2, 0) is 8.85 Å². The predicted octanol–water partition coefficient (Wildman–Crippen LogP) is 13.5.